The van der Waals surface area contributed by atoms with Gasteiger partial charge in [0, 0.05) is 0 Å². The number of rotatable bonds is 5. The summed E-state index contributed by atoms with van der Waals surface area (Å²) in [5.74, 6) is -1.15. The van der Waals surface area contributed by atoms with E-state index < -0.39 is 11.9 Å². The quantitative estimate of drug-likeness (QED) is 0.616. The number of nitrogens with zero attached hydrogens (tertiary/aromatic N) is 4. The molecule has 0 radical (unpaired) electrons. The van der Waals surface area contributed by atoms with Gasteiger partial charge in [-0.05, 0) is 12.1 Å². The topological polar surface area (TPSA) is 83.5 Å². The van der Waals surface area contributed by atoms with E-state index in [2.05, 4.69) is 23.5 Å². The van der Waals surface area contributed by atoms with E-state index in [-0.39, 0.29) is 6.61 Å². The monoisotopic (exact) mass is 352 g/mol. The Morgan fingerprint density at radius 1 is 1.38 bits per heavy atom. The predicted molar refractivity (Wildman–Crippen MR) is 97.9 cm³/mol. The van der Waals surface area contributed by atoms with Crippen molar-refractivity contribution in [3.63, 3.8) is 0 Å². The van der Waals surface area contributed by atoms with Crippen LogP contribution in [0, 0.1) is 11.3 Å². The zero-order chi connectivity index (χ0) is 18.5. The summed E-state index contributed by atoms with van der Waals surface area (Å²) in [6.07, 6.45) is 1.47. The van der Waals surface area contributed by atoms with E-state index in [0.717, 1.165) is 31.7 Å². The number of fused-ring (bicyclic) bond motifs is 1. The molecule has 3 rings (SSSR count). The molecule has 0 spiro atoms. The van der Waals surface area contributed by atoms with Gasteiger partial charge in [0.2, 0.25) is 0 Å². The van der Waals surface area contributed by atoms with Crippen molar-refractivity contribution in [3.05, 3.63) is 42.6 Å². The first-order valence-electron chi connectivity index (χ1n) is 8.64. The number of benzene rings is 1. The number of anilines is 1. The number of para-hydroxylation sites is 2. The van der Waals surface area contributed by atoms with Gasteiger partial charge >= 0.3 is 5.97 Å². The molecule has 1 fully saturated rings. The minimum atomic E-state index is -1.12. The van der Waals surface area contributed by atoms with Crippen LogP contribution in [0.4, 0.5) is 5.82 Å². The number of nitrogens with one attached hydrogen (secondary N) is 1. The third-order valence-electron chi connectivity index (χ3n) is 4.48. The largest absolute Gasteiger partial charge is 0.460 e. The van der Waals surface area contributed by atoms with Gasteiger partial charge in [0.15, 0.2) is 11.7 Å². The maximum atomic E-state index is 12.4. The lowest BCUT2D eigenvalue weighted by molar-refractivity contribution is -0.880. The van der Waals surface area contributed by atoms with Crippen molar-refractivity contribution in [2.45, 2.75) is 5.92 Å². The second-order valence-corrected chi connectivity index (χ2v) is 6.35. The molecule has 0 unspecified atom stereocenters. The van der Waals surface area contributed by atoms with Crippen molar-refractivity contribution >= 4 is 22.8 Å². The smallest absolute Gasteiger partial charge is 0.330 e. The van der Waals surface area contributed by atoms with Gasteiger partial charge in [-0.15, -0.1) is 0 Å². The molecule has 7 heteroatoms. The Morgan fingerprint density at radius 2 is 2.04 bits per heavy atom. The fraction of sp³-hybridized carbons (Fsp3) is 0.368. The van der Waals surface area contributed by atoms with Crippen LogP contribution in [-0.2, 0) is 9.53 Å². The number of piperazine rings is 1. The Morgan fingerprint density at radius 3 is 2.65 bits per heavy atom. The van der Waals surface area contributed by atoms with E-state index in [1.807, 2.05) is 30.3 Å². The third-order valence-corrected chi connectivity index (χ3v) is 4.48. The molecular formula is C19H22N5O2+. The summed E-state index contributed by atoms with van der Waals surface area (Å²) in [5, 5.41) is 9.62. The summed E-state index contributed by atoms with van der Waals surface area (Å²) in [6.45, 7) is 7.12. The molecule has 1 saturated heterocycles. The highest BCUT2D eigenvalue weighted by atomic mass is 16.5. The highest BCUT2D eigenvalue weighted by Gasteiger charge is 2.31. The van der Waals surface area contributed by atoms with E-state index in [9.17, 15) is 10.1 Å². The fourth-order valence-electron chi connectivity index (χ4n) is 2.98. The highest BCUT2D eigenvalue weighted by molar-refractivity contribution is 5.85. The van der Waals surface area contributed by atoms with Crippen molar-refractivity contribution < 1.29 is 14.4 Å². The standard InChI is InChI=1S/C19H21N5O2/c1-3-12-26-19(25)14(13-20)17-18(24-10-8-23(2)9-11-24)22-16-7-5-4-6-15(16)21-17/h3-7,14H,1,8-12H2,2H3/p+1/t14-/m1/s1. The molecule has 0 amide bonds. The summed E-state index contributed by atoms with van der Waals surface area (Å²) in [5.41, 5.74) is 1.76. The lowest BCUT2D eigenvalue weighted by atomic mass is 10.1. The molecule has 1 aromatic carbocycles. The van der Waals surface area contributed by atoms with E-state index >= 15 is 0 Å². The molecule has 1 aliphatic rings. The summed E-state index contributed by atoms with van der Waals surface area (Å²) in [7, 11) is 2.15. The van der Waals surface area contributed by atoms with E-state index in [1.54, 1.807) is 0 Å². The van der Waals surface area contributed by atoms with Crippen molar-refractivity contribution in [1.82, 2.24) is 9.97 Å². The Hall–Kier alpha value is -2.98. The number of quaternary nitrogens is 1. The molecule has 0 bridgehead atoms. The minimum Gasteiger partial charge on any atom is -0.460 e. The number of nitriles is 1. The number of carbonyl (C=O) groups excluding carboxylic acids is 1. The van der Waals surface area contributed by atoms with Gasteiger partial charge in [-0.1, -0.05) is 24.8 Å². The highest BCUT2D eigenvalue weighted by Crippen LogP contribution is 2.28. The SMILES string of the molecule is C=CCOC(=O)[C@H](C#N)c1nc2ccccc2nc1N1CC[NH+](C)CC1. The van der Waals surface area contributed by atoms with Crippen LogP contribution in [0.5, 0.6) is 0 Å². The second kappa shape index (κ2) is 7.93. The molecule has 134 valence electrons. The first kappa shape index (κ1) is 17.8. The lowest BCUT2D eigenvalue weighted by Crippen LogP contribution is -3.12. The number of carbonyl (C=O) groups is 1. The predicted octanol–water partition coefficient (Wildman–Crippen LogP) is 0.301. The van der Waals surface area contributed by atoms with Crippen molar-refractivity contribution in [2.75, 3.05) is 44.7 Å². The average molecular weight is 352 g/mol. The van der Waals surface area contributed by atoms with Gasteiger partial charge in [0.05, 0.1) is 50.3 Å². The summed E-state index contributed by atoms with van der Waals surface area (Å²) >= 11 is 0. The average Bonchev–Trinajstić information content (AvgIpc) is 2.67. The molecule has 1 N–H and O–H groups in total. The Balaban J connectivity index is 2.06. The molecule has 1 atom stereocenters. The van der Waals surface area contributed by atoms with Gasteiger partial charge < -0.3 is 14.5 Å². The number of likely N-dealkylation sites (N-methyl/N-ethyl adjacent to an activating group) is 1. The van der Waals surface area contributed by atoms with Crippen LogP contribution in [0.2, 0.25) is 0 Å². The Kier molecular flexibility index (Phi) is 5.44. The number of esters is 1. The van der Waals surface area contributed by atoms with Crippen molar-refractivity contribution in [1.29, 1.82) is 5.26 Å². The van der Waals surface area contributed by atoms with Crippen LogP contribution in [0.1, 0.15) is 11.6 Å². The zero-order valence-electron chi connectivity index (χ0n) is 14.8. The molecule has 1 aromatic heterocycles. The summed E-state index contributed by atoms with van der Waals surface area (Å²) < 4.78 is 5.10. The normalized spacial score (nSPS) is 16.1. The first-order chi connectivity index (χ1) is 12.6. The molecule has 26 heavy (non-hydrogen) atoms. The lowest BCUT2D eigenvalue weighted by Gasteiger charge is -2.32. The molecule has 1 aliphatic heterocycles. The van der Waals surface area contributed by atoms with Gasteiger partial charge in [-0.3, -0.25) is 4.79 Å². The van der Waals surface area contributed by atoms with Gasteiger partial charge in [0.1, 0.15) is 12.3 Å². The number of hydrogen-bond donors (Lipinski definition) is 1. The second-order valence-electron chi connectivity index (χ2n) is 6.35. The van der Waals surface area contributed by atoms with Crippen LogP contribution in [0.15, 0.2) is 36.9 Å². The van der Waals surface area contributed by atoms with Crippen LogP contribution in [0.3, 0.4) is 0 Å². The minimum absolute atomic E-state index is 0.0607. The fourth-order valence-corrected chi connectivity index (χ4v) is 2.98. The van der Waals surface area contributed by atoms with E-state index in [1.165, 1.54) is 11.0 Å². The maximum absolute atomic E-state index is 12.4. The molecule has 0 saturated carbocycles. The molecule has 0 aliphatic carbocycles. The van der Waals surface area contributed by atoms with Crippen LogP contribution in [-0.4, -0.2) is 55.8 Å². The van der Waals surface area contributed by atoms with Crippen LogP contribution < -0.4 is 9.80 Å². The summed E-state index contributed by atoms with van der Waals surface area (Å²) in [4.78, 5) is 25.3. The molecule has 2 aromatic rings. The van der Waals surface area contributed by atoms with Crippen LogP contribution in [0.25, 0.3) is 11.0 Å². The molecule has 2 heterocycles. The number of hydrogen-bond acceptors (Lipinski definition) is 6. The molecular weight excluding hydrogens is 330 g/mol. The van der Waals surface area contributed by atoms with Crippen molar-refractivity contribution in [3.8, 4) is 6.07 Å². The number of aromatic nitrogens is 2. The van der Waals surface area contributed by atoms with Gasteiger partial charge in [0.25, 0.3) is 0 Å². The van der Waals surface area contributed by atoms with Crippen molar-refractivity contribution in [2.24, 2.45) is 0 Å². The summed E-state index contributed by atoms with van der Waals surface area (Å²) in [6, 6.07) is 9.50. The van der Waals surface area contributed by atoms with E-state index in [4.69, 9.17) is 9.72 Å². The first-order valence-corrected chi connectivity index (χ1v) is 8.64. The maximum Gasteiger partial charge on any atom is 0.330 e. The zero-order valence-corrected chi connectivity index (χ0v) is 14.8. The molecule has 7 nitrogen and oxygen atoms in total. The van der Waals surface area contributed by atoms with Crippen LogP contribution >= 0.6 is 0 Å². The van der Waals surface area contributed by atoms with Gasteiger partial charge in [-0.25, -0.2) is 9.97 Å². The Labute approximate surface area is 152 Å². The number of ether oxygens (including phenoxy) is 1. The Bertz CT molecular complexity index is 853. The van der Waals surface area contributed by atoms with E-state index in [0.29, 0.717) is 17.0 Å². The third kappa shape index (κ3) is 3.65. The van der Waals surface area contributed by atoms with Gasteiger partial charge in [-0.2, -0.15) is 5.26 Å².